The standard InChI is InChI=1S/C12H7BrF3N/c13-10-4-5-17-11(7-10)8-2-1-3-9(6-8)12(14,15)16/h1-7H. The first-order valence-electron chi connectivity index (χ1n) is 4.76. The highest BCUT2D eigenvalue weighted by Gasteiger charge is 2.30. The van der Waals surface area contributed by atoms with Crippen LogP contribution in [0.1, 0.15) is 5.56 Å². The Bertz CT molecular complexity index is 537. The van der Waals surface area contributed by atoms with Gasteiger partial charge < -0.3 is 0 Å². The summed E-state index contributed by atoms with van der Waals surface area (Å²) in [4.78, 5) is 4.04. The summed E-state index contributed by atoms with van der Waals surface area (Å²) in [6, 6.07) is 8.51. The van der Waals surface area contributed by atoms with Crippen LogP contribution in [0.15, 0.2) is 47.1 Å². The number of hydrogen-bond acceptors (Lipinski definition) is 1. The summed E-state index contributed by atoms with van der Waals surface area (Å²) >= 11 is 3.26. The molecule has 0 aliphatic heterocycles. The smallest absolute Gasteiger partial charge is 0.256 e. The van der Waals surface area contributed by atoms with Crippen LogP contribution in [0.25, 0.3) is 11.3 Å². The molecule has 0 saturated heterocycles. The second-order valence-corrected chi connectivity index (χ2v) is 4.35. The van der Waals surface area contributed by atoms with Crippen LogP contribution in [-0.4, -0.2) is 4.98 Å². The van der Waals surface area contributed by atoms with Crippen LogP contribution in [0.4, 0.5) is 13.2 Å². The highest BCUT2D eigenvalue weighted by atomic mass is 79.9. The fourth-order valence-electron chi connectivity index (χ4n) is 1.42. The number of nitrogens with zero attached hydrogens (tertiary/aromatic N) is 1. The molecule has 17 heavy (non-hydrogen) atoms. The SMILES string of the molecule is FC(F)(F)c1cccc(-c2cc(Br)ccn2)c1. The zero-order valence-electron chi connectivity index (χ0n) is 8.50. The van der Waals surface area contributed by atoms with E-state index in [1.807, 2.05) is 0 Å². The van der Waals surface area contributed by atoms with Crippen molar-refractivity contribution in [3.63, 3.8) is 0 Å². The predicted octanol–water partition coefficient (Wildman–Crippen LogP) is 4.53. The fourth-order valence-corrected chi connectivity index (χ4v) is 1.75. The molecule has 1 heterocycles. The van der Waals surface area contributed by atoms with Gasteiger partial charge in [0.2, 0.25) is 0 Å². The van der Waals surface area contributed by atoms with E-state index < -0.39 is 11.7 Å². The van der Waals surface area contributed by atoms with Crippen molar-refractivity contribution < 1.29 is 13.2 Å². The van der Waals surface area contributed by atoms with Gasteiger partial charge in [-0.05, 0) is 24.3 Å². The fraction of sp³-hybridized carbons (Fsp3) is 0.0833. The maximum absolute atomic E-state index is 12.5. The lowest BCUT2D eigenvalue weighted by Gasteiger charge is -2.08. The average molecular weight is 302 g/mol. The molecule has 5 heteroatoms. The molecule has 2 aromatic rings. The van der Waals surface area contributed by atoms with Gasteiger partial charge in [-0.25, -0.2) is 0 Å². The van der Waals surface area contributed by atoms with E-state index >= 15 is 0 Å². The van der Waals surface area contributed by atoms with Gasteiger partial charge in [-0.3, -0.25) is 4.98 Å². The van der Waals surface area contributed by atoms with E-state index in [9.17, 15) is 13.2 Å². The topological polar surface area (TPSA) is 12.9 Å². The molecule has 0 bridgehead atoms. The lowest BCUT2D eigenvalue weighted by atomic mass is 10.1. The third-order valence-electron chi connectivity index (χ3n) is 2.21. The molecule has 0 unspecified atom stereocenters. The number of alkyl halides is 3. The van der Waals surface area contributed by atoms with Crippen LogP contribution in [0.5, 0.6) is 0 Å². The first kappa shape index (κ1) is 12.1. The zero-order valence-corrected chi connectivity index (χ0v) is 10.1. The quantitative estimate of drug-likeness (QED) is 0.754. The molecule has 0 aliphatic rings. The number of hydrogen-bond donors (Lipinski definition) is 0. The minimum atomic E-state index is -4.33. The van der Waals surface area contributed by atoms with Gasteiger partial charge in [0, 0.05) is 16.2 Å². The zero-order chi connectivity index (χ0) is 12.5. The summed E-state index contributed by atoms with van der Waals surface area (Å²) < 4.78 is 38.4. The third kappa shape index (κ3) is 2.85. The van der Waals surface area contributed by atoms with E-state index in [2.05, 4.69) is 20.9 Å². The second kappa shape index (κ2) is 4.49. The number of rotatable bonds is 1. The molecule has 0 radical (unpaired) electrons. The van der Waals surface area contributed by atoms with Crippen molar-refractivity contribution in [2.24, 2.45) is 0 Å². The van der Waals surface area contributed by atoms with Gasteiger partial charge in [-0.2, -0.15) is 13.2 Å². The molecule has 1 aromatic carbocycles. The average Bonchev–Trinajstić information content (AvgIpc) is 2.28. The number of pyridine rings is 1. The van der Waals surface area contributed by atoms with Gasteiger partial charge in [0.1, 0.15) is 0 Å². The molecule has 88 valence electrons. The van der Waals surface area contributed by atoms with Crippen LogP contribution in [-0.2, 0) is 6.18 Å². The number of benzene rings is 1. The normalized spacial score (nSPS) is 11.5. The van der Waals surface area contributed by atoms with Gasteiger partial charge in [0.15, 0.2) is 0 Å². The van der Waals surface area contributed by atoms with Crippen molar-refractivity contribution in [1.82, 2.24) is 4.98 Å². The van der Waals surface area contributed by atoms with E-state index in [1.165, 1.54) is 6.07 Å². The molecular formula is C12H7BrF3N. The Balaban J connectivity index is 2.47. The minimum Gasteiger partial charge on any atom is -0.256 e. The van der Waals surface area contributed by atoms with Gasteiger partial charge in [-0.1, -0.05) is 28.1 Å². The molecule has 0 amide bonds. The summed E-state index contributed by atoms with van der Waals surface area (Å²) in [5.41, 5.74) is 0.281. The Kier molecular flexibility index (Phi) is 3.19. The second-order valence-electron chi connectivity index (χ2n) is 3.44. The van der Waals surface area contributed by atoms with Crippen LogP contribution >= 0.6 is 15.9 Å². The number of halogens is 4. The molecule has 1 aromatic heterocycles. The Morgan fingerprint density at radius 2 is 1.82 bits per heavy atom. The van der Waals surface area contributed by atoms with Crippen LogP contribution in [0.2, 0.25) is 0 Å². The molecule has 1 nitrogen and oxygen atoms in total. The minimum absolute atomic E-state index is 0.445. The van der Waals surface area contributed by atoms with Gasteiger partial charge >= 0.3 is 6.18 Å². The van der Waals surface area contributed by atoms with Gasteiger partial charge in [-0.15, -0.1) is 0 Å². The summed E-state index contributed by atoms with van der Waals surface area (Å²) in [5, 5.41) is 0. The Hall–Kier alpha value is -1.36. The molecule has 0 fully saturated rings. The molecule has 0 spiro atoms. The predicted molar refractivity (Wildman–Crippen MR) is 62.4 cm³/mol. The van der Waals surface area contributed by atoms with Crippen molar-refractivity contribution in [2.45, 2.75) is 6.18 Å². The lowest BCUT2D eigenvalue weighted by molar-refractivity contribution is -0.137. The van der Waals surface area contributed by atoms with Crippen LogP contribution in [0.3, 0.4) is 0 Å². The van der Waals surface area contributed by atoms with Gasteiger partial charge in [0.05, 0.1) is 11.3 Å². The molecule has 0 saturated carbocycles. The third-order valence-corrected chi connectivity index (χ3v) is 2.70. The maximum atomic E-state index is 12.5. The highest BCUT2D eigenvalue weighted by Crippen LogP contribution is 2.32. The van der Waals surface area contributed by atoms with Crippen molar-refractivity contribution in [3.8, 4) is 11.3 Å². The number of aromatic nitrogens is 1. The first-order chi connectivity index (χ1) is 7.97. The van der Waals surface area contributed by atoms with Crippen molar-refractivity contribution in [1.29, 1.82) is 0 Å². The molecule has 2 rings (SSSR count). The van der Waals surface area contributed by atoms with Gasteiger partial charge in [0.25, 0.3) is 0 Å². The molecule has 0 atom stereocenters. The maximum Gasteiger partial charge on any atom is 0.416 e. The molecular weight excluding hydrogens is 295 g/mol. The van der Waals surface area contributed by atoms with Crippen molar-refractivity contribution in [3.05, 3.63) is 52.6 Å². The van der Waals surface area contributed by atoms with E-state index in [4.69, 9.17) is 0 Å². The van der Waals surface area contributed by atoms with E-state index in [0.717, 1.165) is 16.6 Å². The first-order valence-corrected chi connectivity index (χ1v) is 5.55. The summed E-state index contributed by atoms with van der Waals surface area (Å²) in [6.45, 7) is 0. The Labute approximate surface area is 104 Å². The lowest BCUT2D eigenvalue weighted by Crippen LogP contribution is -2.04. The summed E-state index contributed by atoms with van der Waals surface area (Å²) in [7, 11) is 0. The van der Waals surface area contributed by atoms with Crippen molar-refractivity contribution in [2.75, 3.05) is 0 Å². The van der Waals surface area contributed by atoms with Crippen molar-refractivity contribution >= 4 is 15.9 Å². The molecule has 0 N–H and O–H groups in total. The Morgan fingerprint density at radius 3 is 2.47 bits per heavy atom. The van der Waals surface area contributed by atoms with Crippen LogP contribution < -0.4 is 0 Å². The highest BCUT2D eigenvalue weighted by molar-refractivity contribution is 9.10. The van der Waals surface area contributed by atoms with E-state index in [0.29, 0.717) is 11.3 Å². The largest absolute Gasteiger partial charge is 0.416 e. The molecule has 0 aliphatic carbocycles. The Morgan fingerprint density at radius 1 is 1.06 bits per heavy atom. The van der Waals surface area contributed by atoms with E-state index in [1.54, 1.807) is 24.4 Å². The van der Waals surface area contributed by atoms with E-state index in [-0.39, 0.29) is 0 Å². The van der Waals surface area contributed by atoms with Crippen LogP contribution in [0, 0.1) is 0 Å². The summed E-state index contributed by atoms with van der Waals surface area (Å²) in [5.74, 6) is 0. The summed E-state index contributed by atoms with van der Waals surface area (Å²) in [6.07, 6.45) is -2.79. The monoisotopic (exact) mass is 301 g/mol.